The van der Waals surface area contributed by atoms with Gasteiger partial charge in [0.2, 0.25) is 0 Å². The second kappa shape index (κ2) is 38.5. The van der Waals surface area contributed by atoms with Crippen molar-refractivity contribution in [3.05, 3.63) is 294 Å². The fourth-order valence-corrected chi connectivity index (χ4v) is 24.2. The van der Waals surface area contributed by atoms with Gasteiger partial charge in [-0.15, -0.1) is 0 Å². The van der Waals surface area contributed by atoms with Gasteiger partial charge in [-0.25, -0.2) is 52.1 Å². The summed E-state index contributed by atoms with van der Waals surface area (Å²) in [5, 5.41) is 12.8. The maximum Gasteiger partial charge on any atom is 0.269 e. The first-order valence-electron chi connectivity index (χ1n) is 43.8. The zero-order valence-electron chi connectivity index (χ0n) is 72.4. The topological polar surface area (TPSA) is 284 Å². The number of halogens is 3. The average Bonchev–Trinajstić information content (AvgIpc) is 1.60. The molecule has 25 nitrogen and oxygen atoms in total. The molecule has 0 bridgehead atoms. The van der Waals surface area contributed by atoms with Gasteiger partial charge in [0.1, 0.15) is 17.2 Å². The summed E-state index contributed by atoms with van der Waals surface area (Å²) in [6.07, 6.45) is 27.3. The van der Waals surface area contributed by atoms with Gasteiger partial charge >= 0.3 is 0 Å². The summed E-state index contributed by atoms with van der Waals surface area (Å²) < 4.78 is 114. The zero-order chi connectivity index (χ0) is 90.8. The lowest BCUT2D eigenvalue weighted by molar-refractivity contribution is 0.00789. The van der Waals surface area contributed by atoms with Crippen LogP contribution in [0.15, 0.2) is 287 Å². The largest absolute Gasteiger partial charge is 0.495 e. The third kappa shape index (κ3) is 17.9. The van der Waals surface area contributed by atoms with Gasteiger partial charge in [-0.05, 0) is 207 Å². The Bertz CT molecular complexity index is 7530. The van der Waals surface area contributed by atoms with E-state index in [0.29, 0.717) is 83.7 Å². The molecule has 12 heterocycles. The molecule has 2 N–H and O–H groups in total. The normalized spacial score (nSPS) is 17.2. The Hall–Kier alpha value is -12.3. The smallest absolute Gasteiger partial charge is 0.269 e. The highest BCUT2D eigenvalue weighted by molar-refractivity contribution is 9.10. The molecule has 3 aliphatic carbocycles. The van der Waals surface area contributed by atoms with Crippen LogP contribution in [0.4, 0.5) is 11.4 Å². The third-order valence-corrected chi connectivity index (χ3v) is 31.7. The van der Waals surface area contributed by atoms with Gasteiger partial charge in [0.15, 0.2) is 16.9 Å². The number of aromatic nitrogens is 10. The number of rotatable bonds is 18. The third-order valence-electron chi connectivity index (χ3n) is 25.4. The second-order valence-corrected chi connectivity index (χ2v) is 40.2. The van der Waals surface area contributed by atoms with E-state index in [1.54, 1.807) is 174 Å². The van der Waals surface area contributed by atoms with Crippen LogP contribution in [-0.4, -0.2) is 180 Å². The van der Waals surface area contributed by atoms with Crippen LogP contribution in [0.1, 0.15) is 62.6 Å². The van der Waals surface area contributed by atoms with Crippen LogP contribution in [0, 0.1) is 0 Å². The molecule has 0 amide bonds. The molecule has 2 aliphatic heterocycles. The molecular weight excluding hydrogens is 1830 g/mol. The summed E-state index contributed by atoms with van der Waals surface area (Å²) in [5.41, 5.74) is 15.5. The van der Waals surface area contributed by atoms with Crippen LogP contribution in [0.3, 0.4) is 0 Å². The molecule has 5 aliphatic rings. The highest BCUT2D eigenvalue weighted by Crippen LogP contribution is 2.46. The summed E-state index contributed by atoms with van der Waals surface area (Å²) in [6, 6.07) is 63.9. The molecule has 2 saturated heterocycles. The average molecular weight is 1930 g/mol. The fourth-order valence-electron chi connectivity index (χ4n) is 18.8. The van der Waals surface area contributed by atoms with Gasteiger partial charge < -0.3 is 34.3 Å². The van der Waals surface area contributed by atoms with Crippen LogP contribution in [-0.2, 0) is 46.0 Å². The Balaban J connectivity index is 0.000000116. The highest BCUT2D eigenvalue weighted by Gasteiger charge is 2.35. The van der Waals surface area contributed by atoms with Crippen molar-refractivity contribution >= 4 is 146 Å². The molecule has 0 unspecified atom stereocenters. The van der Waals surface area contributed by atoms with Crippen molar-refractivity contribution in [1.82, 2.24) is 56.6 Å². The van der Waals surface area contributed by atoms with Crippen molar-refractivity contribution < 1.29 is 48.9 Å². The first kappa shape index (κ1) is 89.0. The fraction of sp³-hybridized carbons (Fsp3) is 0.238. The van der Waals surface area contributed by atoms with Crippen LogP contribution in [0.25, 0.3) is 110 Å². The standard InChI is InChI=1S/C33H35N5O4S.C28H32N4O2.C23H16ClN3O3S.C17H10BrClN2O2S/c1-41-27-19-24(21-34-22-27)23-7-12-31-29(20-23)32-30(36-25-8-10-26(11-9-25)37-15-17-42-18-16-37)13-14-35-33(32)38(31)43(39,40)28-5-3-2-4-6-28;1-33-24-14-21(17-29-18-24)19-2-3-20-16-27-28(25(20)15-19)26(8-9-30-27)31-22-4-6-23(7-5-22)32-10-12-34-13-11-32;1-30-17-11-16(13-25-14-17)15-7-8-21-19(12-15)22-20(24)9-10-26-23(22)27(21)31(28,29)18-5-3-2-4-6-18;18-11-6-7-15-13(10-11)16-14(19)8-9-20-17(16)21(15)24(22,23)12-4-2-1-3-5-12/h2-7,12-14,19-22,25-26H,8-11,15-18H2,1H3,(H,35,36);2-3,8-9,14-15,17-18,22-23H,4-7,10-13,16H2,1H3,(H,30,31);2-14H,1H3;1-10H. The lowest BCUT2D eigenvalue weighted by atomic mass is 9.89. The number of nitrogens with zero attached hydrogens (tertiary/aromatic N) is 12. The maximum atomic E-state index is 14.1. The molecule has 0 atom stereocenters. The Labute approximate surface area is 783 Å². The molecule has 17 aromatic rings. The first-order valence-corrected chi connectivity index (χ1v) is 49.6. The summed E-state index contributed by atoms with van der Waals surface area (Å²) in [4.78, 5) is 36.7. The number of ether oxygens (including phenoxy) is 5. The van der Waals surface area contributed by atoms with Gasteiger partial charge in [-0.2, -0.15) is 0 Å². The number of nitrogens with one attached hydrogen (secondary N) is 2. The lowest BCUT2D eigenvalue weighted by Crippen LogP contribution is -2.46. The molecule has 2 saturated carbocycles. The Morgan fingerprint density at radius 3 is 1.20 bits per heavy atom. The van der Waals surface area contributed by atoms with Gasteiger partial charge in [0.25, 0.3) is 30.1 Å². The van der Waals surface area contributed by atoms with Crippen molar-refractivity contribution in [3.63, 3.8) is 0 Å². The minimum atomic E-state index is -3.93. The summed E-state index contributed by atoms with van der Waals surface area (Å²) >= 11 is 16.3. The van der Waals surface area contributed by atoms with Gasteiger partial charge in [-0.3, -0.25) is 29.7 Å². The molecule has 672 valence electrons. The minimum Gasteiger partial charge on any atom is -0.495 e. The van der Waals surface area contributed by atoms with Crippen LogP contribution in [0.5, 0.6) is 17.2 Å². The number of fused-ring (bicyclic) bond motifs is 12. The molecular formula is C101H93BrCl2N14O11S3. The van der Waals surface area contributed by atoms with E-state index in [1.807, 2.05) is 79.1 Å². The quantitative estimate of drug-likeness (QED) is 0.0807. The molecule has 10 aromatic heterocycles. The first-order chi connectivity index (χ1) is 64.3. The monoisotopic (exact) mass is 1920 g/mol. The molecule has 0 spiro atoms. The van der Waals surface area contributed by atoms with Gasteiger partial charge in [-0.1, -0.05) is 118 Å². The number of pyridine rings is 7. The van der Waals surface area contributed by atoms with E-state index in [9.17, 15) is 25.3 Å². The summed E-state index contributed by atoms with van der Waals surface area (Å²) in [5.74, 6) is 2.06. The molecule has 7 aromatic carbocycles. The second-order valence-electron chi connectivity index (χ2n) is 33.1. The predicted molar refractivity (Wildman–Crippen MR) is 522 cm³/mol. The van der Waals surface area contributed by atoms with E-state index in [1.165, 1.54) is 78.1 Å². The Morgan fingerprint density at radius 1 is 0.386 bits per heavy atom. The number of benzene rings is 7. The van der Waals surface area contributed by atoms with Crippen molar-refractivity contribution in [2.75, 3.05) is 84.6 Å². The van der Waals surface area contributed by atoms with E-state index >= 15 is 0 Å². The number of morpholine rings is 2. The summed E-state index contributed by atoms with van der Waals surface area (Å²) in [6.45, 7) is 7.59. The number of hydrogen-bond donors (Lipinski definition) is 2. The van der Waals surface area contributed by atoms with Crippen molar-refractivity contribution in [2.45, 2.75) is 96.6 Å². The number of anilines is 2. The van der Waals surface area contributed by atoms with Crippen molar-refractivity contribution in [2.24, 2.45) is 0 Å². The van der Waals surface area contributed by atoms with Crippen molar-refractivity contribution in [1.29, 1.82) is 0 Å². The molecule has 31 heteroatoms. The Kier molecular flexibility index (Phi) is 26.0. The van der Waals surface area contributed by atoms with Crippen LogP contribution in [0.2, 0.25) is 10.0 Å². The van der Waals surface area contributed by atoms with E-state index in [4.69, 9.17) is 51.9 Å². The van der Waals surface area contributed by atoms with Gasteiger partial charge in [0.05, 0.1) is 119 Å². The predicted octanol–water partition coefficient (Wildman–Crippen LogP) is 20.3. The van der Waals surface area contributed by atoms with E-state index in [0.717, 1.165) is 150 Å². The van der Waals surface area contributed by atoms with Crippen LogP contribution >= 0.6 is 39.1 Å². The lowest BCUT2D eigenvalue weighted by Gasteiger charge is -2.39. The SMILES string of the molecule is COc1cncc(-c2ccc3c(c2)-c2c(NC4CCC(N5CCOCC5)CC4)ccnc2C3)c1.COc1cncc(-c2ccc3c(c2)c2c(Cl)ccnc2n3S(=O)(=O)c2ccccc2)c1.COc1cncc(-c2ccc3c(c2)c2c(NC4CCC(N5CCOCC5)CC4)ccnc2n3S(=O)(=O)c2ccccc2)c1.O=S(=O)(c1ccccc1)n1c2ccc(Br)cc2c2c(Cl)ccnc21. The zero-order valence-corrected chi connectivity index (χ0v) is 78.0. The number of hydrogen-bond acceptors (Lipinski definition) is 22. The van der Waals surface area contributed by atoms with E-state index in [2.05, 4.69) is 90.5 Å². The Morgan fingerprint density at radius 2 is 0.758 bits per heavy atom. The summed E-state index contributed by atoms with van der Waals surface area (Å²) in [7, 11) is -6.74. The molecule has 0 radical (unpaired) electrons. The number of methoxy groups -OCH3 is 3. The van der Waals surface area contributed by atoms with Crippen LogP contribution < -0.4 is 24.8 Å². The highest BCUT2D eigenvalue weighted by atomic mass is 79.9. The van der Waals surface area contributed by atoms with E-state index < -0.39 is 30.1 Å². The van der Waals surface area contributed by atoms with E-state index in [-0.39, 0.29) is 26.4 Å². The van der Waals surface area contributed by atoms with Gasteiger partial charge in [0, 0.05) is 165 Å². The van der Waals surface area contributed by atoms with Crippen molar-refractivity contribution in [3.8, 4) is 61.8 Å². The minimum absolute atomic E-state index is 0.177. The molecule has 132 heavy (non-hydrogen) atoms. The maximum absolute atomic E-state index is 14.1. The molecule has 4 fully saturated rings. The molecule has 22 rings (SSSR count).